The highest BCUT2D eigenvalue weighted by atomic mass is 16.2. The van der Waals surface area contributed by atoms with Gasteiger partial charge in [0.2, 0.25) is 5.78 Å². The Morgan fingerprint density at radius 1 is 1.19 bits per heavy atom. The number of rotatable bonds is 3. The van der Waals surface area contributed by atoms with E-state index in [1.165, 1.54) is 25.7 Å². The predicted molar refractivity (Wildman–Crippen MR) is 62.0 cm³/mol. The van der Waals surface area contributed by atoms with Crippen LogP contribution in [0.5, 0.6) is 0 Å². The molecule has 0 aromatic heterocycles. The highest BCUT2D eigenvalue weighted by Gasteiger charge is 2.35. The van der Waals surface area contributed by atoms with E-state index in [0.717, 1.165) is 18.8 Å². The van der Waals surface area contributed by atoms with Crippen LogP contribution in [0.2, 0.25) is 0 Å². The molecule has 2 aliphatic rings. The summed E-state index contributed by atoms with van der Waals surface area (Å²) in [6.07, 6.45) is 7.68. The van der Waals surface area contributed by atoms with Gasteiger partial charge in [-0.3, -0.25) is 9.59 Å². The Balaban J connectivity index is 1.85. The second kappa shape index (κ2) is 4.98. The summed E-state index contributed by atoms with van der Waals surface area (Å²) in [5.41, 5.74) is 0. The average molecular weight is 223 g/mol. The molecule has 0 N–H and O–H groups in total. The normalized spacial score (nSPS) is 31.2. The van der Waals surface area contributed by atoms with Crippen molar-refractivity contribution in [2.45, 2.75) is 57.9 Å². The first-order chi connectivity index (χ1) is 7.72. The van der Waals surface area contributed by atoms with Crippen molar-refractivity contribution >= 4 is 11.7 Å². The molecule has 1 aliphatic carbocycles. The zero-order valence-electron chi connectivity index (χ0n) is 10.1. The number of carbonyl (C=O) groups is 2. The summed E-state index contributed by atoms with van der Waals surface area (Å²) in [5, 5.41) is 0. The molecule has 3 nitrogen and oxygen atoms in total. The molecule has 1 aliphatic heterocycles. The maximum atomic E-state index is 11.6. The van der Waals surface area contributed by atoms with E-state index in [-0.39, 0.29) is 11.7 Å². The van der Waals surface area contributed by atoms with Crippen LogP contribution >= 0.6 is 0 Å². The lowest BCUT2D eigenvalue weighted by atomic mass is 9.83. The van der Waals surface area contributed by atoms with E-state index in [0.29, 0.717) is 19.0 Å². The minimum Gasteiger partial charge on any atom is -0.333 e. The van der Waals surface area contributed by atoms with E-state index in [1.54, 1.807) is 0 Å². The van der Waals surface area contributed by atoms with Crippen molar-refractivity contribution in [3.8, 4) is 0 Å². The zero-order chi connectivity index (χ0) is 11.5. The van der Waals surface area contributed by atoms with Crippen molar-refractivity contribution in [2.75, 3.05) is 6.54 Å². The van der Waals surface area contributed by atoms with Crippen LogP contribution in [-0.2, 0) is 9.59 Å². The molecule has 0 aromatic carbocycles. The summed E-state index contributed by atoms with van der Waals surface area (Å²) >= 11 is 0. The Hall–Kier alpha value is -0.860. The molecule has 2 rings (SSSR count). The number of Topliss-reactive ketones (excluding diaryl/α,β-unsaturated/α-hetero) is 1. The fourth-order valence-electron chi connectivity index (χ4n) is 3.09. The van der Waals surface area contributed by atoms with Gasteiger partial charge in [0.15, 0.2) is 0 Å². The van der Waals surface area contributed by atoms with Gasteiger partial charge in [-0.25, -0.2) is 0 Å². The van der Waals surface area contributed by atoms with Crippen LogP contribution < -0.4 is 0 Å². The second-order valence-corrected chi connectivity index (χ2v) is 5.13. The number of ketones is 1. The van der Waals surface area contributed by atoms with Crippen LogP contribution in [0.3, 0.4) is 0 Å². The molecule has 1 saturated heterocycles. The molecule has 16 heavy (non-hydrogen) atoms. The van der Waals surface area contributed by atoms with E-state index >= 15 is 0 Å². The number of amides is 1. The van der Waals surface area contributed by atoms with Gasteiger partial charge in [-0.2, -0.15) is 0 Å². The molecule has 1 amide bonds. The van der Waals surface area contributed by atoms with Crippen molar-refractivity contribution in [3.05, 3.63) is 0 Å². The van der Waals surface area contributed by atoms with Gasteiger partial charge in [0, 0.05) is 19.0 Å². The zero-order valence-corrected chi connectivity index (χ0v) is 10.1. The predicted octanol–water partition coefficient (Wildman–Crippen LogP) is 2.15. The first kappa shape index (κ1) is 11.6. The molecule has 1 saturated carbocycles. The summed E-state index contributed by atoms with van der Waals surface area (Å²) in [6.45, 7) is 2.90. The molecule has 0 spiro atoms. The summed E-state index contributed by atoms with van der Waals surface area (Å²) in [4.78, 5) is 24.6. The average Bonchev–Trinajstić information content (AvgIpc) is 2.62. The van der Waals surface area contributed by atoms with Gasteiger partial charge in [-0.15, -0.1) is 0 Å². The summed E-state index contributed by atoms with van der Waals surface area (Å²) in [5.74, 6) is 0.448. The quantitative estimate of drug-likeness (QED) is 0.687. The molecule has 2 fully saturated rings. The molecule has 0 bridgehead atoms. The molecular weight excluding hydrogens is 202 g/mol. The van der Waals surface area contributed by atoms with E-state index in [4.69, 9.17) is 0 Å². The lowest BCUT2D eigenvalue weighted by molar-refractivity contribution is -0.141. The number of hydrogen-bond donors (Lipinski definition) is 0. The SMILES string of the molecule is CCCC1CCC(N2CCC(=O)C2=O)CC1. The van der Waals surface area contributed by atoms with Crippen LogP contribution in [-0.4, -0.2) is 29.2 Å². The Morgan fingerprint density at radius 2 is 1.88 bits per heavy atom. The maximum Gasteiger partial charge on any atom is 0.290 e. The molecule has 0 unspecified atom stereocenters. The minimum absolute atomic E-state index is 0.185. The van der Waals surface area contributed by atoms with Crippen LogP contribution in [0.25, 0.3) is 0 Å². The van der Waals surface area contributed by atoms with E-state index < -0.39 is 0 Å². The van der Waals surface area contributed by atoms with Crippen molar-refractivity contribution < 1.29 is 9.59 Å². The third kappa shape index (κ3) is 2.28. The number of carbonyl (C=O) groups excluding carboxylic acids is 2. The van der Waals surface area contributed by atoms with Crippen molar-refractivity contribution in [1.82, 2.24) is 4.90 Å². The van der Waals surface area contributed by atoms with Crippen LogP contribution in [0, 0.1) is 5.92 Å². The van der Waals surface area contributed by atoms with Gasteiger partial charge in [-0.05, 0) is 31.6 Å². The first-order valence-electron chi connectivity index (χ1n) is 6.56. The Morgan fingerprint density at radius 3 is 2.38 bits per heavy atom. The number of hydrogen-bond acceptors (Lipinski definition) is 2. The topological polar surface area (TPSA) is 37.4 Å². The van der Waals surface area contributed by atoms with E-state index in [2.05, 4.69) is 6.92 Å². The van der Waals surface area contributed by atoms with E-state index in [9.17, 15) is 9.59 Å². The van der Waals surface area contributed by atoms with Crippen molar-refractivity contribution in [2.24, 2.45) is 5.92 Å². The van der Waals surface area contributed by atoms with Gasteiger partial charge < -0.3 is 4.90 Å². The fourth-order valence-corrected chi connectivity index (χ4v) is 3.09. The monoisotopic (exact) mass is 223 g/mol. The molecule has 0 radical (unpaired) electrons. The summed E-state index contributed by atoms with van der Waals surface area (Å²) < 4.78 is 0. The largest absolute Gasteiger partial charge is 0.333 e. The summed E-state index contributed by atoms with van der Waals surface area (Å²) in [6, 6.07) is 0.354. The molecule has 0 atom stereocenters. The molecule has 3 heteroatoms. The molecular formula is C13H21NO2. The molecule has 1 heterocycles. The van der Waals surface area contributed by atoms with Gasteiger partial charge in [0.25, 0.3) is 5.91 Å². The summed E-state index contributed by atoms with van der Waals surface area (Å²) in [7, 11) is 0. The highest BCUT2D eigenvalue weighted by Crippen LogP contribution is 2.31. The first-order valence-corrected chi connectivity index (χ1v) is 6.56. The highest BCUT2D eigenvalue weighted by molar-refractivity contribution is 6.37. The molecule has 0 aromatic rings. The Bertz CT molecular complexity index is 280. The Labute approximate surface area is 97.2 Å². The van der Waals surface area contributed by atoms with Crippen LogP contribution in [0.1, 0.15) is 51.9 Å². The third-order valence-electron chi connectivity index (χ3n) is 4.03. The van der Waals surface area contributed by atoms with Crippen LogP contribution in [0.4, 0.5) is 0 Å². The lowest BCUT2D eigenvalue weighted by Gasteiger charge is -2.34. The Kier molecular flexibility index (Phi) is 3.62. The van der Waals surface area contributed by atoms with Crippen molar-refractivity contribution in [1.29, 1.82) is 0 Å². The second-order valence-electron chi connectivity index (χ2n) is 5.13. The van der Waals surface area contributed by atoms with E-state index in [1.807, 2.05) is 4.90 Å². The smallest absolute Gasteiger partial charge is 0.290 e. The molecule has 90 valence electrons. The van der Waals surface area contributed by atoms with Crippen LogP contribution in [0.15, 0.2) is 0 Å². The van der Waals surface area contributed by atoms with Gasteiger partial charge >= 0.3 is 0 Å². The van der Waals surface area contributed by atoms with Gasteiger partial charge in [0.05, 0.1) is 0 Å². The minimum atomic E-state index is -0.223. The fraction of sp³-hybridized carbons (Fsp3) is 0.846. The van der Waals surface area contributed by atoms with Gasteiger partial charge in [0.1, 0.15) is 0 Å². The number of likely N-dealkylation sites (tertiary alicyclic amines) is 1. The van der Waals surface area contributed by atoms with Crippen molar-refractivity contribution in [3.63, 3.8) is 0 Å². The third-order valence-corrected chi connectivity index (χ3v) is 4.03. The standard InChI is InChI=1S/C13H21NO2/c1-2-3-10-4-6-11(7-5-10)14-9-8-12(15)13(14)16/h10-11H,2-9H2,1H3. The number of nitrogens with zero attached hydrogens (tertiary/aromatic N) is 1. The lowest BCUT2D eigenvalue weighted by Crippen LogP contribution is -2.40. The maximum absolute atomic E-state index is 11.6. The van der Waals surface area contributed by atoms with Gasteiger partial charge in [-0.1, -0.05) is 19.8 Å².